The Balaban J connectivity index is 1.77. The first-order valence-electron chi connectivity index (χ1n) is 7.16. The van der Waals surface area contributed by atoms with Gasteiger partial charge < -0.3 is 10.1 Å². The number of benzene rings is 2. The highest BCUT2D eigenvalue weighted by Crippen LogP contribution is 2.26. The second-order valence-corrected chi connectivity index (χ2v) is 6.23. The van der Waals surface area contributed by atoms with Crippen molar-refractivity contribution in [1.82, 2.24) is 5.32 Å². The van der Waals surface area contributed by atoms with Crippen molar-refractivity contribution < 1.29 is 14.3 Å². The fourth-order valence-corrected chi connectivity index (χ4v) is 2.90. The van der Waals surface area contributed by atoms with E-state index in [1.54, 1.807) is 18.2 Å². The first-order valence-corrected chi connectivity index (χ1v) is 8.53. The number of carbonyl (C=O) groups excluding carboxylic acids is 2. The minimum absolute atomic E-state index is 0.0725. The molecule has 2 aromatic carbocycles. The molecular weight excluding hydrogens is 348 g/mol. The van der Waals surface area contributed by atoms with Gasteiger partial charge in [0.15, 0.2) is 0 Å². The summed E-state index contributed by atoms with van der Waals surface area (Å²) in [5.41, 5.74) is 1.56. The van der Waals surface area contributed by atoms with E-state index in [1.165, 1.54) is 18.9 Å². The number of hydrogen-bond acceptors (Lipinski definition) is 4. The van der Waals surface area contributed by atoms with Crippen LogP contribution in [0.3, 0.4) is 0 Å². The van der Waals surface area contributed by atoms with Gasteiger partial charge in [0.25, 0.3) is 0 Å². The fourth-order valence-electron chi connectivity index (χ4n) is 1.83. The van der Waals surface area contributed by atoms with Crippen molar-refractivity contribution in [2.24, 2.45) is 0 Å². The maximum Gasteiger partial charge on any atom is 0.411 e. The summed E-state index contributed by atoms with van der Waals surface area (Å²) in [7, 11) is 1.31. The molecule has 5 nitrogen and oxygen atoms in total. The number of anilines is 1. The lowest BCUT2D eigenvalue weighted by Crippen LogP contribution is -2.24. The van der Waals surface area contributed by atoms with E-state index in [0.717, 1.165) is 10.5 Å². The Morgan fingerprint density at radius 3 is 2.50 bits per heavy atom. The molecule has 2 aromatic rings. The van der Waals surface area contributed by atoms with Crippen LogP contribution >= 0.6 is 23.4 Å². The summed E-state index contributed by atoms with van der Waals surface area (Å²) in [6, 6.07) is 14.6. The number of amides is 2. The monoisotopic (exact) mass is 364 g/mol. The molecular formula is C17H17ClN2O3S. The second-order valence-electron chi connectivity index (χ2n) is 4.81. The van der Waals surface area contributed by atoms with Crippen molar-refractivity contribution in [3.63, 3.8) is 0 Å². The first kappa shape index (κ1) is 18.2. The minimum atomic E-state index is -0.521. The molecule has 2 N–H and O–H groups in total. The Bertz CT molecular complexity index is 707. The van der Waals surface area contributed by atoms with Crippen LogP contribution in [0.1, 0.15) is 5.56 Å². The van der Waals surface area contributed by atoms with Crippen LogP contribution in [-0.4, -0.2) is 24.9 Å². The molecule has 126 valence electrons. The standard InChI is InChI=1S/C17H17ClN2O3S/c1-23-17(22)20-13-8-6-12(7-9-13)10-19-16(21)11-24-15-5-3-2-4-14(15)18/h2-9H,10-11H2,1H3,(H,19,21)(H,20,22). The number of halogens is 1. The summed E-state index contributed by atoms with van der Waals surface area (Å²) in [4.78, 5) is 23.9. The summed E-state index contributed by atoms with van der Waals surface area (Å²) in [5, 5.41) is 6.05. The Labute approximate surface area is 149 Å². The van der Waals surface area contributed by atoms with E-state index in [4.69, 9.17) is 11.6 Å². The van der Waals surface area contributed by atoms with Crippen molar-refractivity contribution in [3.05, 3.63) is 59.1 Å². The molecule has 24 heavy (non-hydrogen) atoms. The Morgan fingerprint density at radius 2 is 1.83 bits per heavy atom. The lowest BCUT2D eigenvalue weighted by atomic mass is 10.2. The highest BCUT2D eigenvalue weighted by molar-refractivity contribution is 8.00. The largest absolute Gasteiger partial charge is 0.453 e. The van der Waals surface area contributed by atoms with E-state index in [1.807, 2.05) is 30.3 Å². The van der Waals surface area contributed by atoms with Crippen molar-refractivity contribution in [1.29, 1.82) is 0 Å². The number of methoxy groups -OCH3 is 1. The predicted octanol–water partition coefficient (Wildman–Crippen LogP) is 3.93. The van der Waals surface area contributed by atoms with Crippen LogP contribution in [0.2, 0.25) is 5.02 Å². The number of ether oxygens (including phenoxy) is 1. The highest BCUT2D eigenvalue weighted by Gasteiger charge is 2.06. The van der Waals surface area contributed by atoms with Gasteiger partial charge in [0, 0.05) is 17.1 Å². The molecule has 0 aliphatic rings. The van der Waals surface area contributed by atoms with Gasteiger partial charge in [0.2, 0.25) is 5.91 Å². The lowest BCUT2D eigenvalue weighted by molar-refractivity contribution is -0.118. The van der Waals surface area contributed by atoms with Crippen molar-refractivity contribution in [2.45, 2.75) is 11.4 Å². The number of thioether (sulfide) groups is 1. The first-order chi connectivity index (χ1) is 11.6. The molecule has 0 fully saturated rings. The Morgan fingerprint density at radius 1 is 1.12 bits per heavy atom. The molecule has 2 amide bonds. The molecule has 0 spiro atoms. The maximum atomic E-state index is 11.9. The third-order valence-corrected chi connectivity index (χ3v) is 4.59. The van der Waals surface area contributed by atoms with Gasteiger partial charge in [-0.3, -0.25) is 10.1 Å². The topological polar surface area (TPSA) is 67.4 Å². The van der Waals surface area contributed by atoms with E-state index in [-0.39, 0.29) is 5.91 Å². The summed E-state index contributed by atoms with van der Waals surface area (Å²) in [6.45, 7) is 0.417. The van der Waals surface area contributed by atoms with Gasteiger partial charge in [-0.2, -0.15) is 0 Å². The van der Waals surface area contributed by atoms with Gasteiger partial charge in [-0.15, -0.1) is 11.8 Å². The van der Waals surface area contributed by atoms with Crippen LogP contribution in [-0.2, 0) is 16.1 Å². The lowest BCUT2D eigenvalue weighted by Gasteiger charge is -2.08. The normalized spacial score (nSPS) is 10.1. The molecule has 0 bridgehead atoms. The molecule has 0 unspecified atom stereocenters. The molecule has 0 aliphatic carbocycles. The second kappa shape index (κ2) is 9.20. The maximum absolute atomic E-state index is 11.9. The molecule has 0 aliphatic heterocycles. The zero-order valence-corrected chi connectivity index (χ0v) is 14.6. The molecule has 2 rings (SSSR count). The average Bonchev–Trinajstić information content (AvgIpc) is 2.60. The third kappa shape index (κ3) is 5.79. The molecule has 0 saturated heterocycles. The number of rotatable bonds is 6. The van der Waals surface area contributed by atoms with Gasteiger partial charge in [-0.05, 0) is 29.8 Å². The van der Waals surface area contributed by atoms with Gasteiger partial charge >= 0.3 is 6.09 Å². The number of carbonyl (C=O) groups is 2. The Hall–Kier alpha value is -2.18. The van der Waals surface area contributed by atoms with E-state index < -0.39 is 6.09 Å². The summed E-state index contributed by atoms with van der Waals surface area (Å²) >= 11 is 7.45. The summed E-state index contributed by atoms with van der Waals surface area (Å²) in [5.74, 6) is 0.225. The molecule has 7 heteroatoms. The zero-order valence-electron chi connectivity index (χ0n) is 13.0. The van der Waals surface area contributed by atoms with Crippen LogP contribution in [0, 0.1) is 0 Å². The van der Waals surface area contributed by atoms with E-state index in [2.05, 4.69) is 15.4 Å². The van der Waals surface area contributed by atoms with Crippen LogP contribution in [0.15, 0.2) is 53.4 Å². The molecule has 0 aromatic heterocycles. The zero-order chi connectivity index (χ0) is 17.4. The van der Waals surface area contributed by atoms with Gasteiger partial charge in [-0.25, -0.2) is 4.79 Å². The quantitative estimate of drug-likeness (QED) is 0.762. The van der Waals surface area contributed by atoms with Crippen LogP contribution in [0.4, 0.5) is 10.5 Å². The van der Waals surface area contributed by atoms with Crippen molar-refractivity contribution in [2.75, 3.05) is 18.2 Å². The summed E-state index contributed by atoms with van der Waals surface area (Å²) < 4.78 is 4.52. The minimum Gasteiger partial charge on any atom is -0.453 e. The average molecular weight is 365 g/mol. The van der Waals surface area contributed by atoms with Crippen molar-refractivity contribution in [3.8, 4) is 0 Å². The smallest absolute Gasteiger partial charge is 0.411 e. The SMILES string of the molecule is COC(=O)Nc1ccc(CNC(=O)CSc2ccccc2Cl)cc1. The number of hydrogen-bond donors (Lipinski definition) is 2. The molecule has 0 atom stereocenters. The molecule has 0 radical (unpaired) electrons. The fraction of sp³-hybridized carbons (Fsp3) is 0.176. The van der Waals surface area contributed by atoms with Crippen LogP contribution < -0.4 is 10.6 Å². The molecule has 0 heterocycles. The van der Waals surface area contributed by atoms with Crippen LogP contribution in [0.25, 0.3) is 0 Å². The van der Waals surface area contributed by atoms with E-state index in [0.29, 0.717) is 23.0 Å². The predicted molar refractivity (Wildman–Crippen MR) is 96.5 cm³/mol. The highest BCUT2D eigenvalue weighted by atomic mass is 35.5. The van der Waals surface area contributed by atoms with Gasteiger partial charge in [0.1, 0.15) is 0 Å². The third-order valence-electron chi connectivity index (χ3n) is 3.07. The van der Waals surface area contributed by atoms with Gasteiger partial charge in [0.05, 0.1) is 17.9 Å². The van der Waals surface area contributed by atoms with Crippen LogP contribution in [0.5, 0.6) is 0 Å². The Kier molecular flexibility index (Phi) is 6.96. The van der Waals surface area contributed by atoms with E-state index >= 15 is 0 Å². The van der Waals surface area contributed by atoms with Gasteiger partial charge in [-0.1, -0.05) is 35.9 Å². The molecule has 0 saturated carbocycles. The van der Waals surface area contributed by atoms with Crippen molar-refractivity contribution >= 4 is 41.1 Å². The number of nitrogens with one attached hydrogen (secondary N) is 2. The summed E-state index contributed by atoms with van der Waals surface area (Å²) in [6.07, 6.45) is -0.521. The van der Waals surface area contributed by atoms with E-state index in [9.17, 15) is 9.59 Å².